The molecule has 3 rings (SSSR count). The lowest BCUT2D eigenvalue weighted by atomic mass is 9.92. The molecule has 0 atom stereocenters. The molecule has 0 bridgehead atoms. The summed E-state index contributed by atoms with van der Waals surface area (Å²) in [6.07, 6.45) is -0.0388. The zero-order valence-corrected chi connectivity index (χ0v) is 9.21. The first-order valence-electron chi connectivity index (χ1n) is 5.73. The van der Waals surface area contributed by atoms with E-state index in [1.165, 1.54) is 12.5 Å². The van der Waals surface area contributed by atoms with Gasteiger partial charge in [-0.15, -0.1) is 8.78 Å². The van der Waals surface area contributed by atoms with Crippen LogP contribution < -0.4 is 10.1 Å². The van der Waals surface area contributed by atoms with Crippen LogP contribution in [-0.4, -0.2) is 12.3 Å². The van der Waals surface area contributed by atoms with Crippen molar-refractivity contribution >= 4 is 5.69 Å². The molecule has 1 heterocycles. The Labute approximate surface area is 97.7 Å². The third-order valence-electron chi connectivity index (χ3n) is 3.21. The third kappa shape index (κ3) is 2.07. The Morgan fingerprint density at radius 3 is 2.82 bits per heavy atom. The average Bonchev–Trinajstić information content (AvgIpc) is 2.21. The highest BCUT2D eigenvalue weighted by Crippen LogP contribution is 2.38. The molecule has 5 heteroatoms. The largest absolute Gasteiger partial charge is 0.535 e. The lowest BCUT2D eigenvalue weighted by Crippen LogP contribution is -2.33. The van der Waals surface area contributed by atoms with Gasteiger partial charge in [0.15, 0.2) is 0 Å². The second kappa shape index (κ2) is 3.84. The molecule has 2 aliphatic rings. The Morgan fingerprint density at radius 1 is 1.29 bits per heavy atom. The number of hydrogen-bond donors (Lipinski definition) is 1. The van der Waals surface area contributed by atoms with Crippen molar-refractivity contribution in [3.63, 3.8) is 0 Å². The number of halogens is 2. The molecule has 1 aromatic carbocycles. The van der Waals surface area contributed by atoms with Gasteiger partial charge in [-0.25, -0.2) is 0 Å². The van der Waals surface area contributed by atoms with Crippen LogP contribution in [0.5, 0.6) is 5.75 Å². The second-order valence-electron chi connectivity index (χ2n) is 4.41. The summed E-state index contributed by atoms with van der Waals surface area (Å²) in [4.78, 5) is 0. The minimum atomic E-state index is -3.51. The summed E-state index contributed by atoms with van der Waals surface area (Å²) < 4.78 is 34.6. The molecule has 3 nitrogen and oxygen atoms in total. The minimum absolute atomic E-state index is 0.127. The fourth-order valence-electron chi connectivity index (χ4n) is 2.03. The standard InChI is InChI=1S/C12H13F2NO2/c13-12(14)16-7-9-10(15-8-3-1-4-8)5-2-6-11(9)17-12/h2,5-6,8,15H,1,3-4,7H2. The summed E-state index contributed by atoms with van der Waals surface area (Å²) in [6, 6.07) is 5.57. The molecular weight excluding hydrogens is 228 g/mol. The Morgan fingerprint density at radius 2 is 2.12 bits per heavy atom. The first-order valence-corrected chi connectivity index (χ1v) is 5.73. The zero-order chi connectivity index (χ0) is 11.9. The molecule has 92 valence electrons. The Hall–Kier alpha value is -1.36. The Balaban J connectivity index is 1.85. The van der Waals surface area contributed by atoms with E-state index in [1.807, 2.05) is 6.07 Å². The number of rotatable bonds is 2. The fraction of sp³-hybridized carbons (Fsp3) is 0.500. The number of hydrogen-bond acceptors (Lipinski definition) is 3. The van der Waals surface area contributed by atoms with E-state index in [4.69, 9.17) is 0 Å². The molecule has 1 saturated carbocycles. The van der Waals surface area contributed by atoms with E-state index in [9.17, 15) is 8.78 Å². The molecule has 0 radical (unpaired) electrons. The highest BCUT2D eigenvalue weighted by molar-refractivity contribution is 5.58. The maximum atomic E-state index is 12.9. The number of alkyl halides is 2. The van der Waals surface area contributed by atoms with Crippen molar-refractivity contribution in [1.82, 2.24) is 0 Å². The molecular formula is C12H13F2NO2. The van der Waals surface area contributed by atoms with E-state index in [2.05, 4.69) is 14.8 Å². The van der Waals surface area contributed by atoms with Crippen molar-refractivity contribution in [2.75, 3.05) is 5.32 Å². The summed E-state index contributed by atoms with van der Waals surface area (Å²) in [7, 11) is 0. The predicted molar refractivity (Wildman–Crippen MR) is 58.1 cm³/mol. The van der Waals surface area contributed by atoms with Crippen molar-refractivity contribution in [3.8, 4) is 5.75 Å². The SMILES string of the molecule is FC1(F)OCc2c(NC3CCC3)cccc2O1. The van der Waals surface area contributed by atoms with Crippen molar-refractivity contribution in [1.29, 1.82) is 0 Å². The van der Waals surface area contributed by atoms with Crippen LogP contribution in [0.25, 0.3) is 0 Å². The molecule has 1 fully saturated rings. The summed E-state index contributed by atoms with van der Waals surface area (Å²) >= 11 is 0. The predicted octanol–water partition coefficient (Wildman–Crippen LogP) is 3.11. The van der Waals surface area contributed by atoms with E-state index in [0.29, 0.717) is 11.6 Å². The van der Waals surface area contributed by atoms with Crippen molar-refractivity contribution in [2.45, 2.75) is 38.2 Å². The highest BCUT2D eigenvalue weighted by Gasteiger charge is 2.39. The molecule has 1 aromatic rings. The van der Waals surface area contributed by atoms with Gasteiger partial charge in [-0.1, -0.05) is 6.07 Å². The topological polar surface area (TPSA) is 30.5 Å². The molecule has 17 heavy (non-hydrogen) atoms. The minimum Gasteiger partial charge on any atom is -0.409 e. The molecule has 0 unspecified atom stereocenters. The average molecular weight is 241 g/mol. The summed E-state index contributed by atoms with van der Waals surface area (Å²) in [6.45, 7) is -0.127. The van der Waals surface area contributed by atoms with Crippen LogP contribution >= 0.6 is 0 Å². The summed E-state index contributed by atoms with van der Waals surface area (Å²) in [5.74, 6) is 0.200. The zero-order valence-electron chi connectivity index (χ0n) is 9.21. The van der Waals surface area contributed by atoms with Crippen molar-refractivity contribution in [2.24, 2.45) is 0 Å². The quantitative estimate of drug-likeness (QED) is 0.863. The van der Waals surface area contributed by atoms with Crippen molar-refractivity contribution < 1.29 is 18.3 Å². The summed E-state index contributed by atoms with van der Waals surface area (Å²) in [5.41, 5.74) is 1.51. The smallest absolute Gasteiger partial charge is 0.409 e. The molecule has 1 N–H and O–H groups in total. The second-order valence-corrected chi connectivity index (χ2v) is 4.41. The molecule has 0 aromatic heterocycles. The number of benzene rings is 1. The van der Waals surface area contributed by atoms with Crippen LogP contribution in [-0.2, 0) is 11.3 Å². The number of ether oxygens (including phenoxy) is 2. The lowest BCUT2D eigenvalue weighted by molar-refractivity contribution is -0.367. The molecule has 0 saturated heterocycles. The Kier molecular flexibility index (Phi) is 2.43. The molecule has 1 aliphatic heterocycles. The van der Waals surface area contributed by atoms with Crippen LogP contribution in [0.1, 0.15) is 24.8 Å². The normalized spacial score (nSPS) is 22.2. The molecule has 0 amide bonds. The lowest BCUT2D eigenvalue weighted by Gasteiger charge is -2.31. The van der Waals surface area contributed by atoms with Gasteiger partial charge in [0.1, 0.15) is 5.75 Å². The van der Waals surface area contributed by atoms with Gasteiger partial charge < -0.3 is 10.1 Å². The van der Waals surface area contributed by atoms with Crippen LogP contribution in [0, 0.1) is 0 Å². The third-order valence-corrected chi connectivity index (χ3v) is 3.21. The van der Waals surface area contributed by atoms with E-state index in [0.717, 1.165) is 18.5 Å². The highest BCUT2D eigenvalue weighted by atomic mass is 19.3. The monoisotopic (exact) mass is 241 g/mol. The van der Waals surface area contributed by atoms with Gasteiger partial charge in [-0.05, 0) is 31.4 Å². The van der Waals surface area contributed by atoms with Gasteiger partial charge in [0.25, 0.3) is 0 Å². The van der Waals surface area contributed by atoms with Gasteiger partial charge in [0, 0.05) is 17.3 Å². The maximum absolute atomic E-state index is 12.9. The number of anilines is 1. The number of nitrogens with one attached hydrogen (secondary N) is 1. The van der Waals surface area contributed by atoms with Gasteiger partial charge in [0.2, 0.25) is 0 Å². The van der Waals surface area contributed by atoms with Gasteiger partial charge in [0.05, 0.1) is 6.61 Å². The van der Waals surface area contributed by atoms with E-state index >= 15 is 0 Å². The molecule has 0 spiro atoms. The van der Waals surface area contributed by atoms with Gasteiger partial charge in [-0.3, -0.25) is 4.74 Å². The van der Waals surface area contributed by atoms with Gasteiger partial charge >= 0.3 is 6.29 Å². The van der Waals surface area contributed by atoms with Gasteiger partial charge in [-0.2, -0.15) is 0 Å². The number of fused-ring (bicyclic) bond motifs is 1. The van der Waals surface area contributed by atoms with E-state index in [1.54, 1.807) is 6.07 Å². The van der Waals surface area contributed by atoms with Crippen molar-refractivity contribution in [3.05, 3.63) is 23.8 Å². The van der Waals surface area contributed by atoms with E-state index in [-0.39, 0.29) is 12.4 Å². The Bertz CT molecular complexity index is 433. The fourth-order valence-corrected chi connectivity index (χ4v) is 2.03. The first kappa shape index (κ1) is 10.8. The van der Waals surface area contributed by atoms with Crippen LogP contribution in [0.3, 0.4) is 0 Å². The van der Waals surface area contributed by atoms with Crippen LogP contribution in [0.2, 0.25) is 0 Å². The van der Waals surface area contributed by atoms with Crippen LogP contribution in [0.15, 0.2) is 18.2 Å². The summed E-state index contributed by atoms with van der Waals surface area (Å²) in [5, 5.41) is 3.33. The molecule has 1 aliphatic carbocycles. The van der Waals surface area contributed by atoms with E-state index < -0.39 is 6.29 Å². The van der Waals surface area contributed by atoms with Crippen LogP contribution in [0.4, 0.5) is 14.5 Å². The first-order chi connectivity index (χ1) is 8.14. The maximum Gasteiger partial charge on any atom is 0.535 e.